The summed E-state index contributed by atoms with van der Waals surface area (Å²) >= 11 is 3.00. The second kappa shape index (κ2) is 6.46. The number of fused-ring (bicyclic) bond motifs is 1. The largest absolute Gasteiger partial charge is 0.321 e. The van der Waals surface area contributed by atoms with Gasteiger partial charge in [0.25, 0.3) is 5.91 Å². The van der Waals surface area contributed by atoms with E-state index < -0.39 is 0 Å². The number of thiophene rings is 2. The fraction of sp³-hybridized carbons (Fsp3) is 0.158. The minimum absolute atomic E-state index is 0.00201. The fourth-order valence-corrected chi connectivity index (χ4v) is 5.18. The molecule has 1 atom stereocenters. The molecule has 1 aliphatic heterocycles. The molecule has 3 heterocycles. The first kappa shape index (κ1) is 16.1. The second-order valence-electron chi connectivity index (χ2n) is 5.94. The van der Waals surface area contributed by atoms with Crippen molar-refractivity contribution >= 4 is 45.2 Å². The van der Waals surface area contributed by atoms with E-state index >= 15 is 0 Å². The molecule has 1 aromatic carbocycles. The highest BCUT2D eigenvalue weighted by molar-refractivity contribution is 7.18. The summed E-state index contributed by atoms with van der Waals surface area (Å²) in [5.74, 6) is -0.109. The topological polar surface area (TPSA) is 58.2 Å². The Labute approximate surface area is 153 Å². The maximum atomic E-state index is 12.7. The van der Waals surface area contributed by atoms with Gasteiger partial charge in [0.2, 0.25) is 5.91 Å². The van der Waals surface area contributed by atoms with Gasteiger partial charge in [-0.15, -0.1) is 22.7 Å². The van der Waals surface area contributed by atoms with Crippen LogP contribution in [0.4, 0.5) is 10.7 Å². The normalized spacial score (nSPS) is 16.2. The van der Waals surface area contributed by atoms with Crippen molar-refractivity contribution < 1.29 is 9.59 Å². The van der Waals surface area contributed by atoms with Crippen LogP contribution in [0.2, 0.25) is 0 Å². The van der Waals surface area contributed by atoms with E-state index in [0.717, 1.165) is 26.7 Å². The molecule has 0 saturated heterocycles. The lowest BCUT2D eigenvalue weighted by Gasteiger charge is -2.22. The molecule has 4 nitrogen and oxygen atoms in total. The van der Waals surface area contributed by atoms with Gasteiger partial charge in [-0.05, 0) is 41.6 Å². The average Bonchev–Trinajstić information content (AvgIpc) is 3.23. The lowest BCUT2D eigenvalue weighted by atomic mass is 9.89. The Morgan fingerprint density at radius 1 is 1.20 bits per heavy atom. The predicted octanol–water partition coefficient (Wildman–Crippen LogP) is 4.84. The van der Waals surface area contributed by atoms with Crippen LogP contribution in [0.25, 0.3) is 0 Å². The van der Waals surface area contributed by atoms with Crippen LogP contribution in [0, 0.1) is 6.92 Å². The van der Waals surface area contributed by atoms with Gasteiger partial charge in [-0.2, -0.15) is 0 Å². The van der Waals surface area contributed by atoms with Crippen molar-refractivity contribution in [2.75, 3.05) is 10.6 Å². The standard InChI is InChI=1S/C19H16N2O2S2/c1-11-16-13(14-8-5-9-24-14)10-15(22)21-19(16)25-17(11)18(23)20-12-6-3-2-4-7-12/h2-9,13H,10H2,1H3,(H,20,23)(H,21,22)/t13-/m0/s1. The third-order valence-corrected chi connectivity index (χ3v) is 6.52. The van der Waals surface area contributed by atoms with Crippen LogP contribution in [0.3, 0.4) is 0 Å². The molecule has 126 valence electrons. The molecule has 2 aromatic heterocycles. The Morgan fingerprint density at radius 3 is 2.72 bits per heavy atom. The molecule has 0 saturated carbocycles. The zero-order valence-corrected chi connectivity index (χ0v) is 15.2. The minimum atomic E-state index is -0.137. The second-order valence-corrected chi connectivity index (χ2v) is 7.94. The van der Waals surface area contributed by atoms with Crippen molar-refractivity contribution in [3.8, 4) is 0 Å². The van der Waals surface area contributed by atoms with E-state index in [-0.39, 0.29) is 17.7 Å². The monoisotopic (exact) mass is 368 g/mol. The van der Waals surface area contributed by atoms with Crippen molar-refractivity contribution in [2.45, 2.75) is 19.3 Å². The molecular weight excluding hydrogens is 352 g/mol. The molecule has 1 aliphatic rings. The lowest BCUT2D eigenvalue weighted by Crippen LogP contribution is -2.22. The van der Waals surface area contributed by atoms with Crippen LogP contribution in [0.1, 0.15) is 38.0 Å². The Kier molecular flexibility index (Phi) is 4.15. The molecule has 3 aromatic rings. The number of amides is 2. The smallest absolute Gasteiger partial charge is 0.266 e. The molecule has 2 N–H and O–H groups in total. The molecule has 0 aliphatic carbocycles. The molecule has 25 heavy (non-hydrogen) atoms. The third kappa shape index (κ3) is 2.99. The number of hydrogen-bond acceptors (Lipinski definition) is 4. The number of rotatable bonds is 3. The molecule has 2 amide bonds. The van der Waals surface area contributed by atoms with Crippen molar-refractivity contribution in [3.63, 3.8) is 0 Å². The summed E-state index contributed by atoms with van der Waals surface area (Å²) in [7, 11) is 0. The van der Waals surface area contributed by atoms with Gasteiger partial charge in [0.05, 0.1) is 9.88 Å². The van der Waals surface area contributed by atoms with Crippen LogP contribution in [0.5, 0.6) is 0 Å². The first-order chi connectivity index (χ1) is 12.1. The highest BCUT2D eigenvalue weighted by atomic mass is 32.1. The predicted molar refractivity (Wildman–Crippen MR) is 103 cm³/mol. The van der Waals surface area contributed by atoms with Gasteiger partial charge >= 0.3 is 0 Å². The summed E-state index contributed by atoms with van der Waals surface area (Å²) in [5.41, 5.74) is 2.79. The van der Waals surface area contributed by atoms with Crippen molar-refractivity contribution in [1.29, 1.82) is 0 Å². The Hall–Kier alpha value is -2.44. The first-order valence-electron chi connectivity index (χ1n) is 7.96. The molecule has 4 rings (SSSR count). The number of carbonyl (C=O) groups excluding carboxylic acids is 2. The van der Waals surface area contributed by atoms with E-state index in [2.05, 4.69) is 16.7 Å². The number of nitrogens with one attached hydrogen (secondary N) is 2. The molecule has 0 radical (unpaired) electrons. The van der Waals surface area contributed by atoms with Crippen LogP contribution >= 0.6 is 22.7 Å². The average molecular weight is 368 g/mol. The molecule has 6 heteroatoms. The lowest BCUT2D eigenvalue weighted by molar-refractivity contribution is -0.116. The quantitative estimate of drug-likeness (QED) is 0.695. The van der Waals surface area contributed by atoms with E-state index in [0.29, 0.717) is 11.3 Å². The summed E-state index contributed by atoms with van der Waals surface area (Å²) in [5, 5.41) is 8.68. The molecular formula is C19H16N2O2S2. The van der Waals surface area contributed by atoms with Crippen LogP contribution in [-0.2, 0) is 4.79 Å². The number of carbonyl (C=O) groups is 2. The van der Waals surface area contributed by atoms with Crippen LogP contribution < -0.4 is 10.6 Å². The molecule has 0 unspecified atom stereocenters. The fourth-order valence-electron chi connectivity index (χ4n) is 3.16. The first-order valence-corrected chi connectivity index (χ1v) is 9.66. The summed E-state index contributed by atoms with van der Waals surface area (Å²) in [6.07, 6.45) is 0.421. The van der Waals surface area contributed by atoms with E-state index in [9.17, 15) is 9.59 Å². The maximum Gasteiger partial charge on any atom is 0.266 e. The van der Waals surface area contributed by atoms with Gasteiger partial charge < -0.3 is 10.6 Å². The van der Waals surface area contributed by atoms with Crippen LogP contribution in [0.15, 0.2) is 47.8 Å². The molecule has 0 bridgehead atoms. The van der Waals surface area contributed by atoms with E-state index in [1.807, 2.05) is 48.7 Å². The number of para-hydroxylation sites is 1. The van der Waals surface area contributed by atoms with Gasteiger partial charge in [-0.25, -0.2) is 0 Å². The summed E-state index contributed by atoms with van der Waals surface area (Å²) in [6, 6.07) is 13.4. The number of benzene rings is 1. The Morgan fingerprint density at radius 2 is 2.00 bits per heavy atom. The molecule has 0 spiro atoms. The van der Waals surface area contributed by atoms with Gasteiger partial charge in [-0.3, -0.25) is 9.59 Å². The Bertz CT molecular complexity index is 930. The summed E-state index contributed by atoms with van der Waals surface area (Å²) in [6.45, 7) is 1.97. The minimum Gasteiger partial charge on any atom is -0.321 e. The van der Waals surface area contributed by atoms with Gasteiger partial charge in [0.15, 0.2) is 0 Å². The summed E-state index contributed by atoms with van der Waals surface area (Å²) < 4.78 is 0. The van der Waals surface area contributed by atoms with Crippen molar-refractivity contribution in [1.82, 2.24) is 0 Å². The zero-order chi connectivity index (χ0) is 17.4. The highest BCUT2D eigenvalue weighted by Gasteiger charge is 2.33. The highest BCUT2D eigenvalue weighted by Crippen LogP contribution is 2.46. The zero-order valence-electron chi connectivity index (χ0n) is 13.5. The maximum absolute atomic E-state index is 12.7. The van der Waals surface area contributed by atoms with E-state index in [1.54, 1.807) is 11.3 Å². The van der Waals surface area contributed by atoms with Crippen molar-refractivity contribution in [3.05, 3.63) is 68.7 Å². The molecule has 0 fully saturated rings. The summed E-state index contributed by atoms with van der Waals surface area (Å²) in [4.78, 5) is 26.6. The van der Waals surface area contributed by atoms with Crippen molar-refractivity contribution in [2.24, 2.45) is 0 Å². The van der Waals surface area contributed by atoms with Gasteiger partial charge in [-0.1, -0.05) is 24.3 Å². The van der Waals surface area contributed by atoms with Crippen LogP contribution in [-0.4, -0.2) is 11.8 Å². The number of anilines is 2. The van der Waals surface area contributed by atoms with E-state index in [1.165, 1.54) is 11.3 Å². The number of hydrogen-bond donors (Lipinski definition) is 2. The third-order valence-electron chi connectivity index (χ3n) is 4.31. The Balaban J connectivity index is 1.71. The SMILES string of the molecule is Cc1c(C(=O)Nc2ccccc2)sc2c1[C@H](c1cccs1)CC(=O)N2. The van der Waals surface area contributed by atoms with Gasteiger partial charge in [0, 0.05) is 22.9 Å². The van der Waals surface area contributed by atoms with E-state index in [4.69, 9.17) is 0 Å². The van der Waals surface area contributed by atoms with Gasteiger partial charge in [0.1, 0.15) is 0 Å².